The van der Waals surface area contributed by atoms with Crippen LogP contribution in [0, 0.1) is 19.8 Å². The van der Waals surface area contributed by atoms with E-state index in [9.17, 15) is 28.9 Å². The molecule has 0 fully saturated rings. The van der Waals surface area contributed by atoms with Gasteiger partial charge in [0, 0.05) is 60.4 Å². The van der Waals surface area contributed by atoms with E-state index in [-0.39, 0.29) is 62.1 Å². The first kappa shape index (κ1) is 48.7. The maximum Gasteiger partial charge on any atom is 0.459 e. The van der Waals surface area contributed by atoms with Crippen LogP contribution in [0.3, 0.4) is 0 Å². The van der Waals surface area contributed by atoms with Gasteiger partial charge in [-0.3, -0.25) is 23.7 Å². The second-order valence-electron chi connectivity index (χ2n) is 15.3. The van der Waals surface area contributed by atoms with E-state index in [0.29, 0.717) is 52.9 Å². The summed E-state index contributed by atoms with van der Waals surface area (Å²) in [7, 11) is -7.31. The Morgan fingerprint density at radius 2 is 1.68 bits per heavy atom. The van der Waals surface area contributed by atoms with Crippen LogP contribution in [0.4, 0.5) is 0 Å². The van der Waals surface area contributed by atoms with Crippen molar-refractivity contribution in [1.82, 2.24) is 15.2 Å². The number of nitrogens with zero attached hydrogens (tertiary/aromatic N) is 2. The van der Waals surface area contributed by atoms with Crippen LogP contribution < -0.4 is 30.7 Å². The van der Waals surface area contributed by atoms with Gasteiger partial charge in [0.2, 0.25) is 5.69 Å². The smallest absolute Gasteiger partial charge is 0.459 e. The standard InChI is InChI=1S/C41H62N6O11P2/c1-9-29(10-2)21-54-40(50)26(6)45-59(52)55-22-31-20-47(28(8)39(49)35(31)18-43)36-15-11-14-33-32(36)13-12-16-37(33)58-60(53,46-27(7)41(51)57-24(3)4)56-23-30-19-44-25(5)38(48)34(30)17-42/h12-13,16,19-20,24,26-27,29,36,59H,9-11,14-15,17-18,21-23,42-43H2,1-8H3,(H3-,45,46,48,49,52,53)/p+1/t26-,27-,36?,60?/m0/s1. The number of aromatic hydroxyl groups is 2. The maximum atomic E-state index is 14.7. The number of aryl methyl sites for hydroxylation is 1. The molecule has 0 radical (unpaired) electrons. The van der Waals surface area contributed by atoms with Gasteiger partial charge < -0.3 is 40.2 Å². The Kier molecular flexibility index (Phi) is 18.1. The maximum absolute atomic E-state index is 14.7. The molecule has 0 amide bonds. The van der Waals surface area contributed by atoms with Crippen molar-refractivity contribution < 1.29 is 56.5 Å². The van der Waals surface area contributed by atoms with Crippen LogP contribution in [0.15, 0.2) is 30.6 Å². The predicted octanol–water partition coefficient (Wildman–Crippen LogP) is 5.74. The fourth-order valence-corrected chi connectivity index (χ4v) is 9.32. The number of rotatable bonds is 22. The molecule has 2 heterocycles. The number of aromatic nitrogens is 2. The summed E-state index contributed by atoms with van der Waals surface area (Å²) in [6.45, 7) is 13.6. The van der Waals surface area contributed by atoms with E-state index >= 15 is 0 Å². The van der Waals surface area contributed by atoms with E-state index < -0.39 is 46.1 Å². The summed E-state index contributed by atoms with van der Waals surface area (Å²) < 4.78 is 58.3. The van der Waals surface area contributed by atoms with Crippen LogP contribution in [0.1, 0.15) is 118 Å². The van der Waals surface area contributed by atoms with Gasteiger partial charge in [0.05, 0.1) is 37.2 Å². The highest BCUT2D eigenvalue weighted by molar-refractivity contribution is 7.52. The third-order valence-electron chi connectivity index (χ3n) is 10.6. The number of fused-ring (bicyclic) bond motifs is 1. The molecule has 3 unspecified atom stereocenters. The molecule has 1 aliphatic carbocycles. The van der Waals surface area contributed by atoms with E-state index in [2.05, 4.69) is 15.2 Å². The molecular formula is C41H63N6O11P2+. The lowest BCUT2D eigenvalue weighted by molar-refractivity contribution is -0.721. The van der Waals surface area contributed by atoms with Gasteiger partial charge in [-0.25, -0.2) is 9.65 Å². The second kappa shape index (κ2) is 22.3. The summed E-state index contributed by atoms with van der Waals surface area (Å²) in [4.78, 5) is 29.6. The fraction of sp³-hybridized carbons (Fsp3) is 0.561. The number of nitrogens with two attached hydrogens (primary N) is 2. The Hall–Kier alpha value is -3.92. The van der Waals surface area contributed by atoms with Gasteiger partial charge in [0.1, 0.15) is 23.6 Å². The molecular weight excluding hydrogens is 814 g/mol. The molecule has 5 atom stereocenters. The Bertz CT molecular complexity index is 2050. The van der Waals surface area contributed by atoms with E-state index in [1.807, 2.05) is 30.7 Å². The third kappa shape index (κ3) is 12.3. The van der Waals surface area contributed by atoms with Crippen LogP contribution in [0.25, 0.3) is 0 Å². The molecule has 2 aromatic heterocycles. The SMILES string of the molecule is CCC(CC)COC(=O)[C@H](C)N[PH](=O)OCc1c[n+](C2CCCc3c(OP(=O)(N[C@@H](C)C(=O)OC(C)C)OCc4cnc(C)c(O)c4CN)cccc32)c(C)c(O)c1CN. The number of ether oxygens (including phenoxy) is 2. The summed E-state index contributed by atoms with van der Waals surface area (Å²) in [5.41, 5.74) is 16.2. The molecule has 60 heavy (non-hydrogen) atoms. The Labute approximate surface area is 353 Å². The first-order valence-electron chi connectivity index (χ1n) is 20.4. The molecule has 0 saturated heterocycles. The summed E-state index contributed by atoms with van der Waals surface area (Å²) in [6.07, 6.45) is 6.51. The number of nitrogens with one attached hydrogen (secondary N) is 2. The first-order chi connectivity index (χ1) is 28.5. The zero-order valence-electron chi connectivity index (χ0n) is 35.9. The van der Waals surface area contributed by atoms with E-state index in [4.69, 9.17) is 34.5 Å². The molecule has 332 valence electrons. The highest BCUT2D eigenvalue weighted by atomic mass is 31.2. The van der Waals surface area contributed by atoms with Crippen molar-refractivity contribution in [2.24, 2.45) is 17.4 Å². The third-order valence-corrected chi connectivity index (χ3v) is 13.3. The van der Waals surface area contributed by atoms with Crippen LogP contribution in [-0.4, -0.2) is 51.9 Å². The van der Waals surface area contributed by atoms with Gasteiger partial charge in [-0.1, -0.05) is 38.8 Å². The molecule has 3 aromatic rings. The van der Waals surface area contributed by atoms with Crippen LogP contribution in [0.5, 0.6) is 17.2 Å². The van der Waals surface area contributed by atoms with Crippen LogP contribution in [0.2, 0.25) is 0 Å². The first-order valence-corrected chi connectivity index (χ1v) is 23.3. The predicted molar refractivity (Wildman–Crippen MR) is 225 cm³/mol. The van der Waals surface area contributed by atoms with Crippen molar-refractivity contribution in [2.75, 3.05) is 6.61 Å². The van der Waals surface area contributed by atoms with Gasteiger partial charge in [0.25, 0.3) is 8.18 Å². The van der Waals surface area contributed by atoms with Crippen LogP contribution >= 0.6 is 15.9 Å². The number of pyridine rings is 2. The minimum absolute atomic E-state index is 0.0188. The number of hydrogen-bond acceptors (Lipinski definition) is 14. The quantitative estimate of drug-likeness (QED) is 0.0400. The normalized spacial score (nSPS) is 16.5. The van der Waals surface area contributed by atoms with Crippen molar-refractivity contribution in [1.29, 1.82) is 0 Å². The number of hydrogen-bond donors (Lipinski definition) is 6. The molecule has 1 aliphatic rings. The topological polar surface area (TPSA) is 248 Å². The van der Waals surface area contributed by atoms with Crippen molar-refractivity contribution >= 4 is 27.9 Å². The lowest BCUT2D eigenvalue weighted by Gasteiger charge is -2.28. The number of carbonyl (C=O) groups excluding carboxylic acids is 2. The molecule has 1 aromatic carbocycles. The zero-order valence-corrected chi connectivity index (χ0v) is 37.8. The summed E-state index contributed by atoms with van der Waals surface area (Å²) in [6, 6.07) is 3.04. The van der Waals surface area contributed by atoms with Gasteiger partial charge in [-0.2, -0.15) is 9.65 Å². The lowest BCUT2D eigenvalue weighted by Crippen LogP contribution is -2.45. The average Bonchev–Trinajstić information content (AvgIpc) is 3.21. The van der Waals surface area contributed by atoms with E-state index in [1.54, 1.807) is 46.8 Å². The van der Waals surface area contributed by atoms with Crippen LogP contribution in [-0.2, 0) is 70.0 Å². The van der Waals surface area contributed by atoms with Gasteiger partial charge in [0.15, 0.2) is 18.0 Å². The van der Waals surface area contributed by atoms with E-state index in [0.717, 1.165) is 24.0 Å². The molecule has 0 saturated carbocycles. The monoisotopic (exact) mass is 877 g/mol. The van der Waals surface area contributed by atoms with Crippen molar-refractivity contribution in [2.45, 2.75) is 138 Å². The number of carbonyl (C=O) groups is 2. The Morgan fingerprint density at radius 3 is 2.33 bits per heavy atom. The van der Waals surface area contributed by atoms with Crippen molar-refractivity contribution in [3.05, 3.63) is 75.4 Å². The Balaban J connectivity index is 1.63. The molecule has 19 heteroatoms. The second-order valence-corrected chi connectivity index (χ2v) is 18.1. The van der Waals surface area contributed by atoms with Crippen molar-refractivity contribution in [3.8, 4) is 17.2 Å². The molecule has 8 N–H and O–H groups in total. The number of esters is 2. The average molecular weight is 878 g/mol. The summed E-state index contributed by atoms with van der Waals surface area (Å²) in [5.74, 6) is -0.827. The Morgan fingerprint density at radius 1 is 1.00 bits per heavy atom. The fourth-order valence-electron chi connectivity index (χ4n) is 6.98. The minimum Gasteiger partial charge on any atom is -0.506 e. The lowest BCUT2D eigenvalue weighted by atomic mass is 9.86. The molecule has 17 nitrogen and oxygen atoms in total. The highest BCUT2D eigenvalue weighted by Gasteiger charge is 2.37. The molecule has 0 bridgehead atoms. The van der Waals surface area contributed by atoms with Gasteiger partial charge in [-0.05, 0) is 59.4 Å². The van der Waals surface area contributed by atoms with E-state index in [1.165, 1.54) is 13.1 Å². The zero-order chi connectivity index (χ0) is 44.3. The summed E-state index contributed by atoms with van der Waals surface area (Å²) in [5, 5.41) is 27.4. The molecule has 0 spiro atoms. The molecule has 4 rings (SSSR count). The minimum atomic E-state index is -4.38. The van der Waals surface area contributed by atoms with Gasteiger partial charge >= 0.3 is 19.7 Å². The largest absolute Gasteiger partial charge is 0.506 e. The number of benzene rings is 1. The highest BCUT2D eigenvalue weighted by Crippen LogP contribution is 2.49. The van der Waals surface area contributed by atoms with Crippen molar-refractivity contribution in [3.63, 3.8) is 0 Å². The molecule has 0 aliphatic heterocycles. The van der Waals surface area contributed by atoms with Gasteiger partial charge in [-0.15, -0.1) is 0 Å². The summed E-state index contributed by atoms with van der Waals surface area (Å²) >= 11 is 0.